The Hall–Kier alpha value is -1.12. The Bertz CT molecular complexity index is 370. The highest BCUT2D eigenvalue weighted by atomic mass is 16.5. The fourth-order valence-electron chi connectivity index (χ4n) is 2.04. The minimum Gasteiger partial charge on any atom is -0.362 e. The Labute approximate surface area is 89.9 Å². The second-order valence-corrected chi connectivity index (χ2v) is 4.15. The van der Waals surface area contributed by atoms with Gasteiger partial charge in [0, 0.05) is 5.92 Å². The number of rotatable bonds is 3. The van der Waals surface area contributed by atoms with Crippen LogP contribution in [0.2, 0.25) is 0 Å². The van der Waals surface area contributed by atoms with E-state index in [4.69, 9.17) is 0 Å². The molecule has 0 aromatic carbocycles. The van der Waals surface area contributed by atoms with Crippen LogP contribution in [0.4, 0.5) is 0 Å². The third-order valence-electron chi connectivity index (χ3n) is 3.20. The molecule has 0 heterocycles. The molecule has 0 aliphatic heterocycles. The van der Waals surface area contributed by atoms with E-state index < -0.39 is 5.79 Å². The van der Waals surface area contributed by atoms with Crippen molar-refractivity contribution in [3.63, 3.8) is 0 Å². The monoisotopic (exact) mass is 204 g/mol. The summed E-state index contributed by atoms with van der Waals surface area (Å²) >= 11 is 0. The van der Waals surface area contributed by atoms with Crippen molar-refractivity contribution in [1.82, 2.24) is 0 Å². The topological polar surface area (TPSA) is 40.5 Å². The second-order valence-electron chi connectivity index (χ2n) is 4.15. The molecule has 2 N–H and O–H groups in total. The molecule has 0 fully saturated rings. The normalized spacial score (nSPS) is 21.8. The van der Waals surface area contributed by atoms with Gasteiger partial charge in [-0.15, -0.1) is 0 Å². The third-order valence-corrected chi connectivity index (χ3v) is 3.20. The molecule has 0 amide bonds. The summed E-state index contributed by atoms with van der Waals surface area (Å²) in [5, 5.41) is 20.2. The summed E-state index contributed by atoms with van der Waals surface area (Å²) in [6.45, 7) is 1.86. The molecule has 2 nitrogen and oxygen atoms in total. The van der Waals surface area contributed by atoms with E-state index in [0.717, 1.165) is 12.0 Å². The van der Waals surface area contributed by atoms with Crippen molar-refractivity contribution in [2.24, 2.45) is 5.92 Å². The van der Waals surface area contributed by atoms with Gasteiger partial charge in [-0.2, -0.15) is 0 Å². The summed E-state index contributed by atoms with van der Waals surface area (Å²) in [4.78, 5) is 0. The molecule has 1 atom stereocenters. The third kappa shape index (κ3) is 1.83. The van der Waals surface area contributed by atoms with Gasteiger partial charge in [-0.05, 0) is 18.4 Å². The molecule has 0 radical (unpaired) electrons. The first kappa shape index (κ1) is 10.4. The average molecular weight is 204 g/mol. The van der Waals surface area contributed by atoms with Crippen molar-refractivity contribution < 1.29 is 10.2 Å². The van der Waals surface area contributed by atoms with Crippen LogP contribution in [0.1, 0.15) is 19.8 Å². The molecule has 0 aromatic heterocycles. The molecular weight excluding hydrogens is 188 g/mol. The Balaban J connectivity index is 2.14. The van der Waals surface area contributed by atoms with Crippen molar-refractivity contribution in [3.05, 3.63) is 47.6 Å². The summed E-state index contributed by atoms with van der Waals surface area (Å²) in [5.74, 6) is -1.96. The van der Waals surface area contributed by atoms with Gasteiger partial charge in [-0.25, -0.2) is 0 Å². The van der Waals surface area contributed by atoms with Crippen LogP contribution in [0.3, 0.4) is 0 Å². The van der Waals surface area contributed by atoms with Gasteiger partial charge in [0.05, 0.1) is 0 Å². The van der Waals surface area contributed by atoms with Gasteiger partial charge in [0.25, 0.3) is 0 Å². The zero-order valence-electron chi connectivity index (χ0n) is 8.85. The van der Waals surface area contributed by atoms with Gasteiger partial charge in [-0.3, -0.25) is 0 Å². The SMILES string of the molecule is CC(C1=CC=CC1)C(O)(O)C1=CC=CC1. The summed E-state index contributed by atoms with van der Waals surface area (Å²) in [6, 6.07) is 0. The minimum absolute atomic E-state index is 0.251. The Morgan fingerprint density at radius 1 is 1.13 bits per heavy atom. The van der Waals surface area contributed by atoms with Gasteiger partial charge in [-0.1, -0.05) is 49.0 Å². The molecule has 2 rings (SSSR count). The fraction of sp³-hybridized carbons (Fsp3) is 0.385. The molecule has 2 aliphatic carbocycles. The van der Waals surface area contributed by atoms with Crippen LogP contribution in [0.25, 0.3) is 0 Å². The maximum Gasteiger partial charge on any atom is 0.192 e. The maximum absolute atomic E-state index is 10.1. The molecular formula is C13H16O2. The lowest BCUT2D eigenvalue weighted by Crippen LogP contribution is -2.38. The Morgan fingerprint density at radius 3 is 2.33 bits per heavy atom. The van der Waals surface area contributed by atoms with Crippen LogP contribution >= 0.6 is 0 Å². The molecule has 0 bridgehead atoms. The molecule has 0 saturated heterocycles. The molecule has 2 heteroatoms. The van der Waals surface area contributed by atoms with E-state index in [9.17, 15) is 10.2 Å². The summed E-state index contributed by atoms with van der Waals surface area (Å²) in [5.41, 5.74) is 1.76. The second kappa shape index (κ2) is 3.80. The summed E-state index contributed by atoms with van der Waals surface area (Å²) in [6.07, 6.45) is 13.0. The zero-order valence-corrected chi connectivity index (χ0v) is 8.85. The van der Waals surface area contributed by atoms with E-state index in [0.29, 0.717) is 12.0 Å². The first-order valence-electron chi connectivity index (χ1n) is 5.29. The lowest BCUT2D eigenvalue weighted by molar-refractivity contribution is -0.156. The Morgan fingerprint density at radius 2 is 1.80 bits per heavy atom. The standard InChI is InChI=1S/C13H16O2/c1-10(11-6-2-3-7-11)13(14,15)12-8-4-5-9-12/h2-6,8,10,14-15H,7,9H2,1H3. The number of hydrogen-bond acceptors (Lipinski definition) is 2. The van der Waals surface area contributed by atoms with Crippen molar-refractivity contribution in [2.45, 2.75) is 25.6 Å². The molecule has 15 heavy (non-hydrogen) atoms. The number of aliphatic hydroxyl groups is 2. The minimum atomic E-state index is -1.71. The summed E-state index contributed by atoms with van der Waals surface area (Å²) in [7, 11) is 0. The van der Waals surface area contributed by atoms with Gasteiger partial charge >= 0.3 is 0 Å². The van der Waals surface area contributed by atoms with Crippen LogP contribution < -0.4 is 0 Å². The van der Waals surface area contributed by atoms with E-state index in [2.05, 4.69) is 0 Å². The highest BCUT2D eigenvalue weighted by molar-refractivity contribution is 5.34. The lowest BCUT2D eigenvalue weighted by Gasteiger charge is -2.31. The van der Waals surface area contributed by atoms with Gasteiger partial charge in [0.15, 0.2) is 5.79 Å². The highest BCUT2D eigenvalue weighted by Crippen LogP contribution is 2.35. The molecule has 0 aromatic rings. The van der Waals surface area contributed by atoms with Gasteiger partial charge in [0.2, 0.25) is 0 Å². The molecule has 2 aliphatic rings. The van der Waals surface area contributed by atoms with Gasteiger partial charge < -0.3 is 10.2 Å². The first-order chi connectivity index (χ1) is 7.12. The molecule has 0 saturated carbocycles. The highest BCUT2D eigenvalue weighted by Gasteiger charge is 2.37. The zero-order chi connectivity index (χ0) is 10.9. The van der Waals surface area contributed by atoms with Crippen LogP contribution in [-0.4, -0.2) is 16.0 Å². The Kier molecular flexibility index (Phi) is 2.63. The van der Waals surface area contributed by atoms with Crippen molar-refractivity contribution >= 4 is 0 Å². The quantitative estimate of drug-likeness (QED) is 0.691. The number of allylic oxidation sites excluding steroid dienone is 6. The lowest BCUT2D eigenvalue weighted by atomic mass is 9.86. The van der Waals surface area contributed by atoms with Crippen LogP contribution in [0.5, 0.6) is 0 Å². The van der Waals surface area contributed by atoms with E-state index in [1.54, 1.807) is 6.08 Å². The number of hydrogen-bond donors (Lipinski definition) is 2. The van der Waals surface area contributed by atoms with E-state index in [1.807, 2.05) is 37.3 Å². The average Bonchev–Trinajstić information content (AvgIpc) is 2.89. The van der Waals surface area contributed by atoms with Gasteiger partial charge in [0.1, 0.15) is 0 Å². The maximum atomic E-state index is 10.1. The predicted molar refractivity (Wildman–Crippen MR) is 60.0 cm³/mol. The van der Waals surface area contributed by atoms with E-state index in [1.165, 1.54) is 0 Å². The first-order valence-corrected chi connectivity index (χ1v) is 5.29. The smallest absolute Gasteiger partial charge is 0.192 e. The van der Waals surface area contributed by atoms with Crippen molar-refractivity contribution in [2.75, 3.05) is 0 Å². The molecule has 0 spiro atoms. The van der Waals surface area contributed by atoms with E-state index in [-0.39, 0.29) is 5.92 Å². The predicted octanol–water partition coefficient (Wildman–Crippen LogP) is 2.08. The van der Waals surface area contributed by atoms with Crippen LogP contribution in [0, 0.1) is 5.92 Å². The van der Waals surface area contributed by atoms with Crippen molar-refractivity contribution in [1.29, 1.82) is 0 Å². The van der Waals surface area contributed by atoms with Crippen LogP contribution in [0.15, 0.2) is 47.6 Å². The molecule has 1 unspecified atom stereocenters. The largest absolute Gasteiger partial charge is 0.362 e. The molecule has 80 valence electrons. The fourth-order valence-corrected chi connectivity index (χ4v) is 2.04. The van der Waals surface area contributed by atoms with Crippen LogP contribution in [-0.2, 0) is 0 Å². The van der Waals surface area contributed by atoms with Crippen molar-refractivity contribution in [3.8, 4) is 0 Å². The summed E-state index contributed by atoms with van der Waals surface area (Å²) < 4.78 is 0. The van der Waals surface area contributed by atoms with E-state index >= 15 is 0 Å².